The van der Waals surface area contributed by atoms with Crippen molar-refractivity contribution in [3.05, 3.63) is 54.1 Å². The van der Waals surface area contributed by atoms with Gasteiger partial charge >= 0.3 is 6.03 Å². The van der Waals surface area contributed by atoms with Crippen LogP contribution in [0.5, 0.6) is 0 Å². The van der Waals surface area contributed by atoms with Crippen LogP contribution in [0.4, 0.5) is 30.6 Å². The molecule has 5 nitrogen and oxygen atoms in total. The number of anilines is 3. The first-order valence-electron chi connectivity index (χ1n) is 7.40. The van der Waals surface area contributed by atoms with Gasteiger partial charge in [-0.05, 0) is 31.2 Å². The first-order valence-corrected chi connectivity index (χ1v) is 7.40. The van der Waals surface area contributed by atoms with Crippen molar-refractivity contribution < 1.29 is 18.4 Å². The summed E-state index contributed by atoms with van der Waals surface area (Å²) in [5, 5.41) is 5.16. The Morgan fingerprint density at radius 3 is 2.75 bits per heavy atom. The fraction of sp³-hybridized carbons (Fsp3) is 0.176. The largest absolute Gasteiger partial charge is 0.326 e. The van der Waals surface area contributed by atoms with Gasteiger partial charge in [0.15, 0.2) is 0 Å². The molecule has 0 aromatic heterocycles. The number of halogens is 2. The Balaban J connectivity index is 1.94. The number of hydrogen-bond acceptors (Lipinski definition) is 2. The Hall–Kier alpha value is -2.96. The van der Waals surface area contributed by atoms with Crippen LogP contribution >= 0.6 is 0 Å². The molecule has 24 heavy (non-hydrogen) atoms. The summed E-state index contributed by atoms with van der Waals surface area (Å²) in [6.45, 7) is 1.72. The van der Waals surface area contributed by atoms with Crippen molar-refractivity contribution in [2.75, 3.05) is 15.5 Å². The third-order valence-corrected chi connectivity index (χ3v) is 3.75. The molecule has 0 spiro atoms. The molecule has 1 heterocycles. The van der Waals surface area contributed by atoms with Crippen molar-refractivity contribution in [3.8, 4) is 0 Å². The standard InChI is InChI=1S/C17H15F2N3O2/c1-10-8-16(23)20-14-4-2-3-5-15(14)22(10)17(24)21-13-7-6-11(18)9-12(13)19/h2-7,9-10H,8H2,1H3,(H,20,23)(H,21,24)/t10-/m0/s1. The molecule has 0 radical (unpaired) electrons. The first-order chi connectivity index (χ1) is 11.5. The van der Waals surface area contributed by atoms with Gasteiger partial charge in [0, 0.05) is 18.5 Å². The highest BCUT2D eigenvalue weighted by molar-refractivity contribution is 6.08. The number of fused-ring (bicyclic) bond motifs is 1. The van der Waals surface area contributed by atoms with E-state index in [-0.39, 0.29) is 18.0 Å². The second-order valence-electron chi connectivity index (χ2n) is 5.54. The smallest absolute Gasteiger partial charge is 0.324 e. The number of carbonyl (C=O) groups excluding carboxylic acids is 2. The molecular formula is C17H15F2N3O2. The fourth-order valence-corrected chi connectivity index (χ4v) is 2.66. The number of benzene rings is 2. The number of amides is 3. The van der Waals surface area contributed by atoms with Crippen molar-refractivity contribution in [1.29, 1.82) is 0 Å². The molecule has 2 N–H and O–H groups in total. The molecule has 1 atom stereocenters. The van der Waals surface area contributed by atoms with Gasteiger partial charge in [0.05, 0.1) is 17.1 Å². The fourth-order valence-electron chi connectivity index (χ4n) is 2.66. The number of nitrogens with one attached hydrogen (secondary N) is 2. The van der Waals surface area contributed by atoms with Gasteiger partial charge in [-0.2, -0.15) is 0 Å². The average molecular weight is 331 g/mol. The summed E-state index contributed by atoms with van der Waals surface area (Å²) < 4.78 is 26.8. The lowest BCUT2D eigenvalue weighted by Gasteiger charge is -2.28. The second kappa shape index (κ2) is 6.27. The van der Waals surface area contributed by atoms with Gasteiger partial charge in [-0.1, -0.05) is 12.1 Å². The maximum absolute atomic E-state index is 13.8. The quantitative estimate of drug-likeness (QED) is 0.836. The molecule has 124 valence electrons. The SMILES string of the molecule is C[C@H]1CC(=O)Nc2ccccc2N1C(=O)Nc1ccc(F)cc1F. The van der Waals surface area contributed by atoms with Crippen LogP contribution in [-0.2, 0) is 4.79 Å². The van der Waals surface area contributed by atoms with Gasteiger partial charge in [-0.15, -0.1) is 0 Å². The Morgan fingerprint density at radius 1 is 1.25 bits per heavy atom. The topological polar surface area (TPSA) is 61.4 Å². The van der Waals surface area contributed by atoms with Crippen molar-refractivity contribution in [1.82, 2.24) is 0 Å². The number of nitrogens with zero attached hydrogens (tertiary/aromatic N) is 1. The Kier molecular flexibility index (Phi) is 4.16. The third kappa shape index (κ3) is 3.05. The minimum absolute atomic E-state index is 0.105. The van der Waals surface area contributed by atoms with Gasteiger partial charge in [-0.25, -0.2) is 13.6 Å². The number of para-hydroxylation sites is 2. The van der Waals surface area contributed by atoms with E-state index in [1.165, 1.54) is 4.90 Å². The summed E-state index contributed by atoms with van der Waals surface area (Å²) in [6.07, 6.45) is 0.105. The lowest BCUT2D eigenvalue weighted by molar-refractivity contribution is -0.116. The van der Waals surface area contributed by atoms with Crippen LogP contribution in [0, 0.1) is 11.6 Å². The predicted molar refractivity (Wildman–Crippen MR) is 87.0 cm³/mol. The Labute approximate surface area is 137 Å². The molecule has 3 amide bonds. The molecule has 0 saturated carbocycles. The van der Waals surface area contributed by atoms with Crippen LogP contribution in [0.3, 0.4) is 0 Å². The number of rotatable bonds is 1. The minimum atomic E-state index is -0.867. The summed E-state index contributed by atoms with van der Waals surface area (Å²) in [5.74, 6) is -1.81. The van der Waals surface area contributed by atoms with Crippen LogP contribution in [-0.4, -0.2) is 18.0 Å². The second-order valence-corrected chi connectivity index (χ2v) is 5.54. The van der Waals surface area contributed by atoms with E-state index in [0.29, 0.717) is 17.4 Å². The highest BCUT2D eigenvalue weighted by Gasteiger charge is 2.30. The lowest BCUT2D eigenvalue weighted by Crippen LogP contribution is -2.42. The Bertz CT molecular complexity index is 810. The van der Waals surface area contributed by atoms with Gasteiger partial charge in [0.25, 0.3) is 0 Å². The molecule has 1 aliphatic rings. The zero-order valence-electron chi connectivity index (χ0n) is 12.8. The van der Waals surface area contributed by atoms with Crippen molar-refractivity contribution in [2.45, 2.75) is 19.4 Å². The molecule has 0 bridgehead atoms. The van der Waals surface area contributed by atoms with Gasteiger partial charge in [-0.3, -0.25) is 9.69 Å². The summed E-state index contributed by atoms with van der Waals surface area (Å²) >= 11 is 0. The normalized spacial score (nSPS) is 16.9. The van der Waals surface area contributed by atoms with E-state index in [1.54, 1.807) is 31.2 Å². The number of hydrogen-bond donors (Lipinski definition) is 2. The van der Waals surface area contributed by atoms with E-state index < -0.39 is 23.7 Å². The highest BCUT2D eigenvalue weighted by atomic mass is 19.1. The van der Waals surface area contributed by atoms with Crippen molar-refractivity contribution >= 4 is 29.0 Å². The van der Waals surface area contributed by atoms with Gasteiger partial charge < -0.3 is 10.6 Å². The van der Waals surface area contributed by atoms with Crippen LogP contribution in [0.2, 0.25) is 0 Å². The maximum atomic E-state index is 13.8. The molecular weight excluding hydrogens is 316 g/mol. The summed E-state index contributed by atoms with van der Waals surface area (Å²) in [7, 11) is 0. The lowest BCUT2D eigenvalue weighted by atomic mass is 10.2. The van der Waals surface area contributed by atoms with Crippen LogP contribution in [0.1, 0.15) is 13.3 Å². The Morgan fingerprint density at radius 2 is 2.00 bits per heavy atom. The van der Waals surface area contributed by atoms with Crippen LogP contribution in [0.15, 0.2) is 42.5 Å². The van der Waals surface area contributed by atoms with E-state index in [4.69, 9.17) is 0 Å². The molecule has 2 aromatic rings. The van der Waals surface area contributed by atoms with E-state index in [0.717, 1.165) is 12.1 Å². The van der Waals surface area contributed by atoms with E-state index >= 15 is 0 Å². The third-order valence-electron chi connectivity index (χ3n) is 3.75. The summed E-state index contributed by atoms with van der Waals surface area (Å²) in [5.41, 5.74) is 0.882. The van der Waals surface area contributed by atoms with E-state index in [9.17, 15) is 18.4 Å². The molecule has 3 rings (SSSR count). The molecule has 0 unspecified atom stereocenters. The predicted octanol–water partition coefficient (Wildman–Crippen LogP) is 3.73. The first kappa shape index (κ1) is 15.9. The molecule has 0 saturated heterocycles. The maximum Gasteiger partial charge on any atom is 0.326 e. The van der Waals surface area contributed by atoms with Crippen molar-refractivity contribution in [2.24, 2.45) is 0 Å². The minimum Gasteiger partial charge on any atom is -0.324 e. The summed E-state index contributed by atoms with van der Waals surface area (Å²) in [6, 6.07) is 8.73. The highest BCUT2D eigenvalue weighted by Crippen LogP contribution is 2.31. The zero-order chi connectivity index (χ0) is 17.3. The van der Waals surface area contributed by atoms with Gasteiger partial charge in [0.1, 0.15) is 11.6 Å². The molecule has 0 fully saturated rings. The van der Waals surface area contributed by atoms with Crippen molar-refractivity contribution in [3.63, 3.8) is 0 Å². The molecule has 1 aliphatic heterocycles. The molecule has 7 heteroatoms. The monoisotopic (exact) mass is 331 g/mol. The van der Waals surface area contributed by atoms with E-state index in [2.05, 4.69) is 10.6 Å². The number of carbonyl (C=O) groups is 2. The zero-order valence-corrected chi connectivity index (χ0v) is 12.8. The number of urea groups is 1. The van der Waals surface area contributed by atoms with E-state index in [1.807, 2.05) is 0 Å². The van der Waals surface area contributed by atoms with Crippen LogP contribution < -0.4 is 15.5 Å². The summed E-state index contributed by atoms with van der Waals surface area (Å²) in [4.78, 5) is 25.9. The van der Waals surface area contributed by atoms with Gasteiger partial charge in [0.2, 0.25) is 5.91 Å². The average Bonchev–Trinajstić information content (AvgIpc) is 2.64. The van der Waals surface area contributed by atoms with Crippen LogP contribution in [0.25, 0.3) is 0 Å². The molecule has 2 aromatic carbocycles. The molecule has 0 aliphatic carbocycles.